The van der Waals surface area contributed by atoms with Crippen LogP contribution in [-0.2, 0) is 0 Å². The quantitative estimate of drug-likeness (QED) is 0.922. The van der Waals surface area contributed by atoms with Crippen molar-refractivity contribution in [2.45, 2.75) is 18.9 Å². The zero-order chi connectivity index (χ0) is 13.8. The highest BCUT2D eigenvalue weighted by Gasteiger charge is 2.24. The SMILES string of the molecule is O=C(c1ccco1)N1CCC(Nc2cccnn2)CC1. The van der Waals surface area contributed by atoms with Crippen LogP contribution in [0.3, 0.4) is 0 Å². The summed E-state index contributed by atoms with van der Waals surface area (Å²) in [5.74, 6) is 1.15. The van der Waals surface area contributed by atoms with Gasteiger partial charge in [-0.2, -0.15) is 5.10 Å². The number of aromatic nitrogens is 2. The predicted molar refractivity (Wildman–Crippen MR) is 73.3 cm³/mol. The Morgan fingerprint density at radius 1 is 1.30 bits per heavy atom. The van der Waals surface area contributed by atoms with E-state index in [0.29, 0.717) is 11.8 Å². The molecule has 0 spiro atoms. The van der Waals surface area contributed by atoms with Crippen molar-refractivity contribution in [2.75, 3.05) is 18.4 Å². The van der Waals surface area contributed by atoms with Gasteiger partial charge in [-0.1, -0.05) is 0 Å². The Morgan fingerprint density at radius 3 is 2.80 bits per heavy atom. The molecule has 0 unspecified atom stereocenters. The number of anilines is 1. The number of hydrogen-bond acceptors (Lipinski definition) is 5. The van der Waals surface area contributed by atoms with Gasteiger partial charge >= 0.3 is 0 Å². The Kier molecular flexibility index (Phi) is 3.62. The number of carbonyl (C=O) groups is 1. The van der Waals surface area contributed by atoms with Crippen LogP contribution in [0.4, 0.5) is 5.82 Å². The van der Waals surface area contributed by atoms with E-state index >= 15 is 0 Å². The van der Waals surface area contributed by atoms with Crippen molar-refractivity contribution in [1.82, 2.24) is 15.1 Å². The van der Waals surface area contributed by atoms with Crippen LogP contribution in [0.5, 0.6) is 0 Å². The molecule has 3 rings (SSSR count). The molecule has 0 aliphatic carbocycles. The van der Waals surface area contributed by atoms with E-state index < -0.39 is 0 Å². The zero-order valence-electron chi connectivity index (χ0n) is 11.0. The zero-order valence-corrected chi connectivity index (χ0v) is 11.0. The van der Waals surface area contributed by atoms with Gasteiger partial charge in [0.2, 0.25) is 0 Å². The van der Waals surface area contributed by atoms with E-state index in [-0.39, 0.29) is 5.91 Å². The third-order valence-electron chi connectivity index (χ3n) is 3.44. The van der Waals surface area contributed by atoms with Gasteiger partial charge in [-0.25, -0.2) is 0 Å². The van der Waals surface area contributed by atoms with Gasteiger partial charge < -0.3 is 14.6 Å². The van der Waals surface area contributed by atoms with Gasteiger partial charge in [-0.05, 0) is 37.1 Å². The van der Waals surface area contributed by atoms with Gasteiger partial charge in [0.25, 0.3) is 5.91 Å². The fraction of sp³-hybridized carbons (Fsp3) is 0.357. The molecule has 1 saturated heterocycles. The lowest BCUT2D eigenvalue weighted by molar-refractivity contribution is 0.0686. The standard InChI is InChI=1S/C14H16N4O2/c19-14(12-3-2-10-20-12)18-8-5-11(6-9-18)16-13-4-1-7-15-17-13/h1-4,7,10-11H,5-6,8-9H2,(H,16,17). The molecule has 1 aliphatic heterocycles. The number of likely N-dealkylation sites (tertiary alicyclic amines) is 1. The van der Waals surface area contributed by atoms with Crippen LogP contribution in [0.25, 0.3) is 0 Å². The van der Waals surface area contributed by atoms with Crippen LogP contribution < -0.4 is 5.32 Å². The molecule has 0 aromatic carbocycles. The molecule has 104 valence electrons. The molecule has 0 atom stereocenters. The largest absolute Gasteiger partial charge is 0.459 e. The van der Waals surface area contributed by atoms with Gasteiger partial charge in [-0.3, -0.25) is 4.79 Å². The average Bonchev–Trinajstić information content (AvgIpc) is 3.03. The molecule has 0 saturated carbocycles. The number of rotatable bonds is 3. The second-order valence-corrected chi connectivity index (χ2v) is 4.80. The molecule has 20 heavy (non-hydrogen) atoms. The van der Waals surface area contributed by atoms with E-state index in [0.717, 1.165) is 31.7 Å². The highest BCUT2D eigenvalue weighted by atomic mass is 16.3. The predicted octanol–water partition coefficient (Wildman–Crippen LogP) is 1.79. The summed E-state index contributed by atoms with van der Waals surface area (Å²) < 4.78 is 5.15. The van der Waals surface area contributed by atoms with Crippen molar-refractivity contribution in [3.63, 3.8) is 0 Å². The number of piperidine rings is 1. The van der Waals surface area contributed by atoms with Crippen LogP contribution in [-0.4, -0.2) is 40.1 Å². The van der Waals surface area contributed by atoms with Crippen LogP contribution in [0.1, 0.15) is 23.4 Å². The van der Waals surface area contributed by atoms with Crippen molar-refractivity contribution < 1.29 is 9.21 Å². The number of furan rings is 1. The third kappa shape index (κ3) is 2.79. The summed E-state index contributed by atoms with van der Waals surface area (Å²) in [5, 5.41) is 11.2. The first-order valence-electron chi connectivity index (χ1n) is 6.70. The molecule has 0 bridgehead atoms. The topological polar surface area (TPSA) is 71.3 Å². The molecule has 6 nitrogen and oxygen atoms in total. The summed E-state index contributed by atoms with van der Waals surface area (Å²) in [7, 11) is 0. The smallest absolute Gasteiger partial charge is 0.289 e. The van der Waals surface area contributed by atoms with Gasteiger partial charge in [0, 0.05) is 25.3 Å². The van der Waals surface area contributed by atoms with Gasteiger partial charge in [0.05, 0.1) is 6.26 Å². The van der Waals surface area contributed by atoms with E-state index in [1.54, 1.807) is 18.3 Å². The molecule has 0 radical (unpaired) electrons. The molecular formula is C14H16N4O2. The average molecular weight is 272 g/mol. The normalized spacial score (nSPS) is 16.1. The van der Waals surface area contributed by atoms with Crippen LogP contribution in [0.2, 0.25) is 0 Å². The van der Waals surface area contributed by atoms with E-state index in [9.17, 15) is 4.79 Å². The Hall–Kier alpha value is -2.37. The fourth-order valence-electron chi connectivity index (χ4n) is 2.37. The van der Waals surface area contributed by atoms with Crippen LogP contribution in [0.15, 0.2) is 41.1 Å². The first-order valence-corrected chi connectivity index (χ1v) is 6.70. The lowest BCUT2D eigenvalue weighted by atomic mass is 10.0. The molecule has 1 N–H and O–H groups in total. The molecule has 1 aliphatic rings. The summed E-state index contributed by atoms with van der Waals surface area (Å²) in [4.78, 5) is 13.9. The van der Waals surface area contributed by atoms with Crippen LogP contribution in [0, 0.1) is 0 Å². The van der Waals surface area contributed by atoms with Crippen molar-refractivity contribution >= 4 is 11.7 Å². The maximum Gasteiger partial charge on any atom is 0.289 e. The molecule has 2 aromatic heterocycles. The minimum atomic E-state index is -0.0343. The highest BCUT2D eigenvalue weighted by molar-refractivity contribution is 5.91. The Bertz CT molecular complexity index is 548. The van der Waals surface area contributed by atoms with E-state index in [1.165, 1.54) is 6.26 Å². The Morgan fingerprint density at radius 2 is 2.15 bits per heavy atom. The second-order valence-electron chi connectivity index (χ2n) is 4.80. The van der Waals surface area contributed by atoms with Gasteiger partial charge in [-0.15, -0.1) is 5.10 Å². The van der Waals surface area contributed by atoms with Crippen molar-refractivity contribution in [2.24, 2.45) is 0 Å². The first kappa shape index (κ1) is 12.7. The van der Waals surface area contributed by atoms with Gasteiger partial charge in [0.1, 0.15) is 5.82 Å². The number of nitrogens with one attached hydrogen (secondary N) is 1. The third-order valence-corrected chi connectivity index (χ3v) is 3.44. The van der Waals surface area contributed by atoms with Crippen molar-refractivity contribution in [1.29, 1.82) is 0 Å². The summed E-state index contributed by atoms with van der Waals surface area (Å²) >= 11 is 0. The number of carbonyl (C=O) groups excluding carboxylic acids is 1. The van der Waals surface area contributed by atoms with Crippen molar-refractivity contribution in [3.8, 4) is 0 Å². The first-order chi connectivity index (χ1) is 9.83. The number of nitrogens with zero attached hydrogens (tertiary/aromatic N) is 3. The van der Waals surface area contributed by atoms with Crippen molar-refractivity contribution in [3.05, 3.63) is 42.5 Å². The molecule has 2 aromatic rings. The second kappa shape index (κ2) is 5.73. The molecule has 3 heterocycles. The number of hydrogen-bond donors (Lipinski definition) is 1. The Labute approximate surface area is 116 Å². The monoisotopic (exact) mass is 272 g/mol. The molecule has 1 fully saturated rings. The summed E-state index contributed by atoms with van der Waals surface area (Å²) in [6, 6.07) is 7.51. The summed E-state index contributed by atoms with van der Waals surface area (Å²) in [6.07, 6.45) is 4.96. The highest BCUT2D eigenvalue weighted by Crippen LogP contribution is 2.17. The lowest BCUT2D eigenvalue weighted by Gasteiger charge is -2.32. The maximum absolute atomic E-state index is 12.1. The lowest BCUT2D eigenvalue weighted by Crippen LogP contribution is -2.42. The summed E-state index contributed by atoms with van der Waals surface area (Å²) in [6.45, 7) is 1.44. The molecule has 1 amide bonds. The minimum Gasteiger partial charge on any atom is -0.459 e. The van der Waals surface area contributed by atoms with Crippen LogP contribution >= 0.6 is 0 Å². The number of amides is 1. The van der Waals surface area contributed by atoms with E-state index in [1.807, 2.05) is 17.0 Å². The molecular weight excluding hydrogens is 256 g/mol. The Balaban J connectivity index is 1.53. The fourth-order valence-corrected chi connectivity index (χ4v) is 2.37. The van der Waals surface area contributed by atoms with Gasteiger partial charge in [0.15, 0.2) is 5.76 Å². The van der Waals surface area contributed by atoms with E-state index in [4.69, 9.17) is 4.42 Å². The molecule has 6 heteroatoms. The van der Waals surface area contributed by atoms with E-state index in [2.05, 4.69) is 15.5 Å². The maximum atomic E-state index is 12.1. The summed E-state index contributed by atoms with van der Waals surface area (Å²) in [5.41, 5.74) is 0. The minimum absolute atomic E-state index is 0.0343.